The van der Waals surface area contributed by atoms with Gasteiger partial charge >= 0.3 is 12.1 Å². The first-order valence-corrected chi connectivity index (χ1v) is 10.2. The van der Waals surface area contributed by atoms with Crippen LogP contribution in [0, 0.1) is 5.41 Å². The number of likely N-dealkylation sites (tertiary alicyclic amines) is 3. The molecule has 1 saturated carbocycles. The monoisotopic (exact) mass is 401 g/mol. The maximum absolute atomic E-state index is 13.9. The van der Waals surface area contributed by atoms with E-state index in [1.807, 2.05) is 0 Å². The van der Waals surface area contributed by atoms with E-state index in [1.165, 1.54) is 12.0 Å². The van der Waals surface area contributed by atoms with Crippen LogP contribution >= 0.6 is 0 Å². The van der Waals surface area contributed by atoms with Crippen molar-refractivity contribution in [2.75, 3.05) is 39.8 Å². The topological polar surface area (TPSA) is 73.3 Å². The van der Waals surface area contributed by atoms with E-state index in [2.05, 4.69) is 4.90 Å². The van der Waals surface area contributed by atoms with Gasteiger partial charge in [0.15, 0.2) is 0 Å². The number of ether oxygens (including phenoxy) is 1. The Balaban J connectivity index is 1.29. The first kappa shape index (κ1) is 19.8. The summed E-state index contributed by atoms with van der Waals surface area (Å²) in [5.41, 5.74) is 0.146. The number of alkyl halides is 2. The highest BCUT2D eigenvalue weighted by Crippen LogP contribution is 2.50. The molecule has 3 heterocycles. The van der Waals surface area contributed by atoms with Gasteiger partial charge in [0.05, 0.1) is 13.7 Å². The molecule has 0 aromatic heterocycles. The molecular weight excluding hydrogens is 372 g/mol. The molecule has 1 amide bonds. The van der Waals surface area contributed by atoms with Gasteiger partial charge < -0.3 is 19.6 Å². The predicted octanol–water partition coefficient (Wildman–Crippen LogP) is 1.87. The van der Waals surface area contributed by atoms with E-state index < -0.39 is 30.4 Å². The van der Waals surface area contributed by atoms with E-state index in [1.54, 1.807) is 4.90 Å². The van der Waals surface area contributed by atoms with Gasteiger partial charge in [-0.1, -0.05) is 0 Å². The fourth-order valence-corrected chi connectivity index (χ4v) is 5.79. The van der Waals surface area contributed by atoms with Crippen molar-refractivity contribution in [2.45, 2.75) is 62.6 Å². The Morgan fingerprint density at radius 3 is 2.29 bits per heavy atom. The second-order valence-electron chi connectivity index (χ2n) is 9.05. The molecule has 0 unspecified atom stereocenters. The lowest BCUT2D eigenvalue weighted by molar-refractivity contribution is -0.147. The van der Waals surface area contributed by atoms with Crippen molar-refractivity contribution < 1.29 is 28.2 Å². The molecule has 1 atom stereocenters. The third-order valence-electron chi connectivity index (χ3n) is 7.31. The largest absolute Gasteiger partial charge is 0.468 e. The Kier molecular flexibility index (Phi) is 5.02. The van der Waals surface area contributed by atoms with Crippen molar-refractivity contribution in [1.29, 1.82) is 0 Å². The third-order valence-corrected chi connectivity index (χ3v) is 7.31. The van der Waals surface area contributed by atoms with E-state index in [-0.39, 0.29) is 18.0 Å². The molecule has 4 fully saturated rings. The number of carbonyl (C=O) groups excluding carboxylic acids is 1. The van der Waals surface area contributed by atoms with E-state index in [0.29, 0.717) is 19.1 Å². The number of carbonyl (C=O) groups is 2. The zero-order valence-corrected chi connectivity index (χ0v) is 16.3. The number of methoxy groups -OCH3 is 1. The Hall–Kier alpha value is -1.48. The number of hydrogen-bond donors (Lipinski definition) is 1. The highest BCUT2D eigenvalue weighted by Gasteiger charge is 2.53. The zero-order chi connectivity index (χ0) is 20.1. The Bertz CT molecular complexity index is 633. The average molecular weight is 401 g/mol. The van der Waals surface area contributed by atoms with Crippen LogP contribution in [0.4, 0.5) is 13.6 Å². The number of esters is 1. The van der Waals surface area contributed by atoms with Crippen LogP contribution in [-0.4, -0.2) is 95.8 Å². The zero-order valence-electron chi connectivity index (χ0n) is 16.3. The van der Waals surface area contributed by atoms with Crippen LogP contribution in [0.15, 0.2) is 0 Å². The molecular formula is C19H29F2N3O4. The van der Waals surface area contributed by atoms with Gasteiger partial charge in [0.2, 0.25) is 0 Å². The van der Waals surface area contributed by atoms with Crippen molar-refractivity contribution in [3.8, 4) is 0 Å². The number of nitrogens with zero attached hydrogens (tertiary/aromatic N) is 3. The second kappa shape index (κ2) is 7.09. The summed E-state index contributed by atoms with van der Waals surface area (Å²) in [7, 11) is 1.25. The van der Waals surface area contributed by atoms with Crippen LogP contribution in [0.2, 0.25) is 0 Å². The van der Waals surface area contributed by atoms with Gasteiger partial charge in [-0.15, -0.1) is 0 Å². The summed E-state index contributed by atoms with van der Waals surface area (Å²) in [4.78, 5) is 28.7. The lowest BCUT2D eigenvalue weighted by atomic mass is 9.64. The smallest absolute Gasteiger partial charge is 0.407 e. The average Bonchev–Trinajstić information content (AvgIpc) is 3.21. The molecule has 1 N–H and O–H groups in total. The lowest BCUT2D eigenvalue weighted by Gasteiger charge is -2.52. The molecule has 158 valence electrons. The second-order valence-corrected chi connectivity index (χ2v) is 9.05. The van der Waals surface area contributed by atoms with Crippen molar-refractivity contribution in [1.82, 2.24) is 14.7 Å². The van der Waals surface area contributed by atoms with Gasteiger partial charge in [-0.05, 0) is 50.6 Å². The summed E-state index contributed by atoms with van der Waals surface area (Å²) < 4.78 is 32.6. The minimum absolute atomic E-state index is 0.0169. The van der Waals surface area contributed by atoms with Crippen LogP contribution in [0.3, 0.4) is 0 Å². The van der Waals surface area contributed by atoms with E-state index >= 15 is 0 Å². The highest BCUT2D eigenvalue weighted by molar-refractivity contribution is 5.76. The molecule has 9 heteroatoms. The molecule has 3 aliphatic heterocycles. The fraction of sp³-hybridized carbons (Fsp3) is 0.895. The highest BCUT2D eigenvalue weighted by atomic mass is 19.3. The maximum atomic E-state index is 13.9. The van der Waals surface area contributed by atoms with Crippen molar-refractivity contribution in [3.05, 3.63) is 0 Å². The number of amides is 1. The molecule has 3 saturated heterocycles. The number of hydrogen-bond acceptors (Lipinski definition) is 5. The van der Waals surface area contributed by atoms with Crippen molar-refractivity contribution in [3.63, 3.8) is 0 Å². The Labute approximate surface area is 163 Å². The maximum Gasteiger partial charge on any atom is 0.407 e. The molecule has 0 aromatic carbocycles. The molecule has 7 nitrogen and oxygen atoms in total. The Morgan fingerprint density at radius 2 is 1.71 bits per heavy atom. The summed E-state index contributed by atoms with van der Waals surface area (Å²) >= 11 is 0. The standard InChI is InChI=1S/C19H29F2N3O4/c1-28-16(25)15-10-19(20,21)12-24(15)13-2-5-22(6-3-13)14-8-18(9-14)4-7-23(11-18)17(26)27/h13-15H,2-12H2,1H3,(H,26,27)/t14?,15-,18?/m1/s1. The third kappa shape index (κ3) is 3.58. The summed E-state index contributed by atoms with van der Waals surface area (Å²) in [6.07, 6.45) is 3.25. The number of halogens is 2. The van der Waals surface area contributed by atoms with Crippen LogP contribution < -0.4 is 0 Å². The minimum atomic E-state index is -2.84. The first-order valence-electron chi connectivity index (χ1n) is 10.2. The van der Waals surface area contributed by atoms with Crippen LogP contribution in [0.1, 0.15) is 38.5 Å². The van der Waals surface area contributed by atoms with Crippen LogP contribution in [0.25, 0.3) is 0 Å². The molecule has 1 aliphatic carbocycles. The number of carboxylic acid groups (broad SMARTS) is 1. The van der Waals surface area contributed by atoms with E-state index in [0.717, 1.165) is 45.2 Å². The fourth-order valence-electron chi connectivity index (χ4n) is 5.79. The summed E-state index contributed by atoms with van der Waals surface area (Å²) in [6, 6.07) is -0.396. The number of rotatable bonds is 3. The van der Waals surface area contributed by atoms with Crippen molar-refractivity contribution >= 4 is 12.1 Å². The summed E-state index contributed by atoms with van der Waals surface area (Å²) in [5, 5.41) is 9.15. The molecule has 0 bridgehead atoms. The van der Waals surface area contributed by atoms with Crippen molar-refractivity contribution in [2.24, 2.45) is 5.41 Å². The summed E-state index contributed by atoms with van der Waals surface area (Å²) in [5.74, 6) is -3.40. The Morgan fingerprint density at radius 1 is 1.04 bits per heavy atom. The minimum Gasteiger partial charge on any atom is -0.468 e. The normalized spacial score (nSPS) is 36.6. The molecule has 4 aliphatic rings. The first-order chi connectivity index (χ1) is 13.2. The number of piperidine rings is 1. The molecule has 28 heavy (non-hydrogen) atoms. The SMILES string of the molecule is COC(=O)[C@H]1CC(F)(F)CN1C1CCN(C2CC3(CCN(C(=O)O)C3)C2)CC1. The molecule has 0 radical (unpaired) electrons. The van der Waals surface area contributed by atoms with Gasteiger partial charge in [-0.3, -0.25) is 9.69 Å². The quantitative estimate of drug-likeness (QED) is 0.728. The van der Waals surface area contributed by atoms with Crippen LogP contribution in [0.5, 0.6) is 0 Å². The van der Waals surface area contributed by atoms with Gasteiger partial charge in [0.25, 0.3) is 5.92 Å². The molecule has 4 rings (SSSR count). The van der Waals surface area contributed by atoms with E-state index in [9.17, 15) is 18.4 Å². The van der Waals surface area contributed by atoms with Gasteiger partial charge in [0.1, 0.15) is 6.04 Å². The van der Waals surface area contributed by atoms with E-state index in [4.69, 9.17) is 9.84 Å². The molecule has 1 spiro atoms. The van der Waals surface area contributed by atoms with Gasteiger partial charge in [-0.2, -0.15) is 0 Å². The van der Waals surface area contributed by atoms with Gasteiger partial charge in [-0.25, -0.2) is 13.6 Å². The lowest BCUT2D eigenvalue weighted by Crippen LogP contribution is -2.56. The van der Waals surface area contributed by atoms with Crippen LogP contribution in [-0.2, 0) is 9.53 Å². The summed E-state index contributed by atoms with van der Waals surface area (Å²) in [6.45, 7) is 2.57. The predicted molar refractivity (Wildman–Crippen MR) is 96.3 cm³/mol. The molecule has 0 aromatic rings. The van der Waals surface area contributed by atoms with Gasteiger partial charge in [0, 0.05) is 31.6 Å².